The highest BCUT2D eigenvalue weighted by Gasteiger charge is 2.23. The zero-order chi connectivity index (χ0) is 17.2. The fourth-order valence-corrected chi connectivity index (χ4v) is 3.68. The SMILES string of the molecule is CN(CCOc1ccccc1F)S(=O)(=O)c1ccc2c(c1)CCO2. The summed E-state index contributed by atoms with van der Waals surface area (Å²) in [6.45, 7) is 0.750. The van der Waals surface area contributed by atoms with Crippen LogP contribution in [0.15, 0.2) is 47.4 Å². The molecule has 2 aromatic rings. The number of halogens is 1. The van der Waals surface area contributed by atoms with Gasteiger partial charge in [-0.25, -0.2) is 12.8 Å². The topological polar surface area (TPSA) is 55.8 Å². The van der Waals surface area contributed by atoms with E-state index in [1.165, 1.54) is 29.6 Å². The minimum atomic E-state index is -3.62. The van der Waals surface area contributed by atoms with Gasteiger partial charge in [0.05, 0.1) is 11.5 Å². The van der Waals surface area contributed by atoms with E-state index in [0.29, 0.717) is 13.0 Å². The van der Waals surface area contributed by atoms with Crippen LogP contribution in [0.5, 0.6) is 11.5 Å². The predicted octanol–water partition coefficient (Wildman–Crippen LogP) is 2.46. The number of rotatable bonds is 6. The molecule has 0 saturated heterocycles. The van der Waals surface area contributed by atoms with Gasteiger partial charge in [0.2, 0.25) is 10.0 Å². The standard InChI is InChI=1S/C17H18FNO4S/c1-19(9-11-23-17-5-3-2-4-15(17)18)24(20,21)14-6-7-16-13(12-14)8-10-22-16/h2-7,12H,8-11H2,1H3. The summed E-state index contributed by atoms with van der Waals surface area (Å²) in [5, 5.41) is 0. The molecule has 2 aromatic carbocycles. The Labute approximate surface area is 140 Å². The average molecular weight is 351 g/mol. The first kappa shape index (κ1) is 16.7. The number of benzene rings is 2. The fraction of sp³-hybridized carbons (Fsp3) is 0.294. The second kappa shape index (κ2) is 6.78. The van der Waals surface area contributed by atoms with Crippen molar-refractivity contribution in [3.8, 4) is 11.5 Å². The second-order valence-electron chi connectivity index (χ2n) is 5.47. The highest BCUT2D eigenvalue weighted by atomic mass is 32.2. The van der Waals surface area contributed by atoms with Crippen molar-refractivity contribution < 1.29 is 22.3 Å². The van der Waals surface area contributed by atoms with Gasteiger partial charge in [-0.1, -0.05) is 12.1 Å². The van der Waals surface area contributed by atoms with E-state index in [4.69, 9.17) is 9.47 Å². The number of likely N-dealkylation sites (N-methyl/N-ethyl adjacent to an activating group) is 1. The first-order valence-electron chi connectivity index (χ1n) is 7.58. The number of hydrogen-bond acceptors (Lipinski definition) is 4. The number of hydrogen-bond donors (Lipinski definition) is 0. The van der Waals surface area contributed by atoms with Crippen LogP contribution in [-0.2, 0) is 16.4 Å². The van der Waals surface area contributed by atoms with Gasteiger partial charge in [-0.2, -0.15) is 4.31 Å². The van der Waals surface area contributed by atoms with E-state index in [1.807, 2.05) is 0 Å². The molecule has 0 aliphatic carbocycles. The van der Waals surface area contributed by atoms with Crippen LogP contribution in [0.2, 0.25) is 0 Å². The third-order valence-corrected chi connectivity index (χ3v) is 5.72. The van der Waals surface area contributed by atoms with Crippen molar-refractivity contribution in [3.05, 3.63) is 53.8 Å². The summed E-state index contributed by atoms with van der Waals surface area (Å²) in [7, 11) is -2.15. The Hall–Kier alpha value is -2.12. The summed E-state index contributed by atoms with van der Waals surface area (Å²) in [5.41, 5.74) is 0.895. The molecule has 0 aromatic heterocycles. The fourth-order valence-electron chi connectivity index (χ4n) is 2.47. The molecular formula is C17H18FNO4S. The molecule has 0 amide bonds. The quantitative estimate of drug-likeness (QED) is 0.802. The Bertz CT molecular complexity index is 838. The summed E-state index contributed by atoms with van der Waals surface area (Å²) >= 11 is 0. The van der Waals surface area contributed by atoms with E-state index in [1.54, 1.807) is 24.3 Å². The maximum Gasteiger partial charge on any atom is 0.242 e. The molecular weight excluding hydrogens is 333 g/mol. The van der Waals surface area contributed by atoms with Crippen LogP contribution in [0.4, 0.5) is 4.39 Å². The summed E-state index contributed by atoms with van der Waals surface area (Å²) in [6.07, 6.45) is 0.707. The monoisotopic (exact) mass is 351 g/mol. The largest absolute Gasteiger partial charge is 0.493 e. The number of para-hydroxylation sites is 1. The first-order chi connectivity index (χ1) is 11.5. The van der Waals surface area contributed by atoms with Crippen LogP contribution in [-0.4, -0.2) is 39.5 Å². The third-order valence-electron chi connectivity index (χ3n) is 3.87. The normalized spacial score (nSPS) is 13.6. The number of sulfonamides is 1. The van der Waals surface area contributed by atoms with Gasteiger partial charge in [-0.15, -0.1) is 0 Å². The highest BCUT2D eigenvalue weighted by Crippen LogP contribution is 2.28. The lowest BCUT2D eigenvalue weighted by molar-refractivity contribution is 0.275. The van der Waals surface area contributed by atoms with Crippen molar-refractivity contribution in [1.29, 1.82) is 0 Å². The van der Waals surface area contributed by atoms with Gasteiger partial charge in [0.25, 0.3) is 0 Å². The van der Waals surface area contributed by atoms with E-state index in [-0.39, 0.29) is 23.8 Å². The lowest BCUT2D eigenvalue weighted by atomic mass is 10.2. The summed E-state index contributed by atoms with van der Waals surface area (Å²) in [5.74, 6) is 0.374. The molecule has 0 atom stereocenters. The van der Waals surface area contributed by atoms with Crippen LogP contribution < -0.4 is 9.47 Å². The highest BCUT2D eigenvalue weighted by molar-refractivity contribution is 7.89. The van der Waals surface area contributed by atoms with Crippen molar-refractivity contribution in [2.45, 2.75) is 11.3 Å². The molecule has 0 unspecified atom stereocenters. The van der Waals surface area contributed by atoms with Crippen molar-refractivity contribution in [2.75, 3.05) is 26.8 Å². The molecule has 128 valence electrons. The molecule has 1 heterocycles. The van der Waals surface area contributed by atoms with Crippen molar-refractivity contribution in [2.24, 2.45) is 0 Å². The molecule has 1 aliphatic heterocycles. The van der Waals surface area contributed by atoms with Gasteiger partial charge in [0.15, 0.2) is 11.6 Å². The Morgan fingerprint density at radius 1 is 1.25 bits per heavy atom. The van der Waals surface area contributed by atoms with Gasteiger partial charge in [0.1, 0.15) is 12.4 Å². The molecule has 3 rings (SSSR count). The smallest absolute Gasteiger partial charge is 0.242 e. The minimum Gasteiger partial charge on any atom is -0.493 e. The molecule has 24 heavy (non-hydrogen) atoms. The molecule has 5 nitrogen and oxygen atoms in total. The van der Waals surface area contributed by atoms with Gasteiger partial charge in [-0.3, -0.25) is 0 Å². The van der Waals surface area contributed by atoms with E-state index in [0.717, 1.165) is 11.3 Å². The van der Waals surface area contributed by atoms with Crippen LogP contribution >= 0.6 is 0 Å². The van der Waals surface area contributed by atoms with Gasteiger partial charge in [0, 0.05) is 20.0 Å². The Balaban J connectivity index is 1.65. The average Bonchev–Trinajstić information content (AvgIpc) is 3.04. The van der Waals surface area contributed by atoms with Crippen LogP contribution in [0, 0.1) is 5.82 Å². The Morgan fingerprint density at radius 2 is 2.04 bits per heavy atom. The van der Waals surface area contributed by atoms with Crippen molar-refractivity contribution >= 4 is 10.0 Å². The summed E-state index contributed by atoms with van der Waals surface area (Å²) < 4.78 is 50.6. The van der Waals surface area contributed by atoms with Gasteiger partial charge >= 0.3 is 0 Å². The molecule has 7 heteroatoms. The molecule has 0 saturated carbocycles. The van der Waals surface area contributed by atoms with Crippen molar-refractivity contribution in [1.82, 2.24) is 4.31 Å². The van der Waals surface area contributed by atoms with E-state index in [2.05, 4.69) is 0 Å². The summed E-state index contributed by atoms with van der Waals surface area (Å²) in [4.78, 5) is 0.222. The zero-order valence-corrected chi connectivity index (χ0v) is 14.1. The Kier molecular flexibility index (Phi) is 4.73. The third kappa shape index (κ3) is 3.37. The molecule has 0 spiro atoms. The minimum absolute atomic E-state index is 0.0602. The van der Waals surface area contributed by atoms with E-state index in [9.17, 15) is 12.8 Å². The van der Waals surface area contributed by atoms with Gasteiger partial charge < -0.3 is 9.47 Å². The second-order valence-corrected chi connectivity index (χ2v) is 7.52. The molecule has 0 fully saturated rings. The van der Waals surface area contributed by atoms with E-state index >= 15 is 0 Å². The molecule has 0 radical (unpaired) electrons. The molecule has 0 bridgehead atoms. The van der Waals surface area contributed by atoms with Gasteiger partial charge in [-0.05, 0) is 35.9 Å². The molecule has 1 aliphatic rings. The number of ether oxygens (including phenoxy) is 2. The maximum absolute atomic E-state index is 13.5. The van der Waals surface area contributed by atoms with Crippen molar-refractivity contribution in [3.63, 3.8) is 0 Å². The number of fused-ring (bicyclic) bond motifs is 1. The van der Waals surface area contributed by atoms with E-state index < -0.39 is 15.8 Å². The predicted molar refractivity (Wildman–Crippen MR) is 87.4 cm³/mol. The zero-order valence-electron chi connectivity index (χ0n) is 13.2. The number of nitrogens with zero attached hydrogens (tertiary/aromatic N) is 1. The first-order valence-corrected chi connectivity index (χ1v) is 9.02. The van der Waals surface area contributed by atoms with Crippen LogP contribution in [0.3, 0.4) is 0 Å². The molecule has 0 N–H and O–H groups in total. The lowest BCUT2D eigenvalue weighted by Gasteiger charge is -2.18. The van der Waals surface area contributed by atoms with Crippen LogP contribution in [0.1, 0.15) is 5.56 Å². The van der Waals surface area contributed by atoms with Crippen LogP contribution in [0.25, 0.3) is 0 Å². The summed E-state index contributed by atoms with van der Waals surface area (Å²) in [6, 6.07) is 10.9. The Morgan fingerprint density at radius 3 is 2.83 bits per heavy atom. The maximum atomic E-state index is 13.5. The lowest BCUT2D eigenvalue weighted by Crippen LogP contribution is -2.31.